The Hall–Kier alpha value is -1.31. The molecule has 1 aromatic rings. The first-order valence-electron chi connectivity index (χ1n) is 5.89. The Morgan fingerprint density at radius 3 is 2.69 bits per heavy atom. The van der Waals surface area contributed by atoms with Gasteiger partial charge in [-0.1, -0.05) is 18.2 Å². The maximum atomic E-state index is 4.59. The number of hydrogen-bond acceptors (Lipinski definition) is 1. The van der Waals surface area contributed by atoms with Crippen LogP contribution in [0.4, 0.5) is 5.69 Å². The number of hydrogen-bond donors (Lipinski definition) is 0. The molecule has 2 rings (SSSR count). The van der Waals surface area contributed by atoms with Crippen LogP contribution >= 0.6 is 0 Å². The van der Waals surface area contributed by atoms with Crippen LogP contribution in [0.2, 0.25) is 0 Å². The van der Waals surface area contributed by atoms with Crippen LogP contribution in [0.5, 0.6) is 0 Å². The summed E-state index contributed by atoms with van der Waals surface area (Å²) < 4.78 is 0. The summed E-state index contributed by atoms with van der Waals surface area (Å²) in [6, 6.07) is 9.10. The molecule has 1 aliphatic heterocycles. The van der Waals surface area contributed by atoms with Crippen LogP contribution in [0.1, 0.15) is 33.3 Å². The van der Waals surface area contributed by atoms with E-state index in [2.05, 4.69) is 61.9 Å². The van der Waals surface area contributed by atoms with E-state index < -0.39 is 0 Å². The van der Waals surface area contributed by atoms with Crippen molar-refractivity contribution in [2.75, 3.05) is 4.90 Å². The summed E-state index contributed by atoms with van der Waals surface area (Å²) in [6.45, 7) is 8.61. The van der Waals surface area contributed by atoms with Crippen molar-refractivity contribution in [2.24, 2.45) is 4.99 Å². The highest BCUT2D eigenvalue weighted by molar-refractivity contribution is 5.84. The van der Waals surface area contributed by atoms with Crippen molar-refractivity contribution < 1.29 is 0 Å². The summed E-state index contributed by atoms with van der Waals surface area (Å²) in [5.41, 5.74) is 2.73. The first kappa shape index (κ1) is 11.2. The van der Waals surface area contributed by atoms with E-state index in [1.807, 2.05) is 6.34 Å². The molecule has 2 heteroatoms. The molecule has 0 bridgehead atoms. The summed E-state index contributed by atoms with van der Waals surface area (Å²) in [6.07, 6.45) is 3.11. The van der Waals surface area contributed by atoms with Crippen LogP contribution in [-0.2, 0) is 6.42 Å². The van der Waals surface area contributed by atoms with E-state index in [-0.39, 0.29) is 5.54 Å². The summed E-state index contributed by atoms with van der Waals surface area (Å²) >= 11 is 0. The molecule has 1 aromatic carbocycles. The third-order valence-electron chi connectivity index (χ3n) is 2.83. The number of benzene rings is 1. The Labute approximate surface area is 98.0 Å². The quantitative estimate of drug-likeness (QED) is 0.519. The number of rotatable bonds is 1. The summed E-state index contributed by atoms with van der Waals surface area (Å²) in [5.74, 6) is 0. The van der Waals surface area contributed by atoms with E-state index in [1.54, 1.807) is 0 Å². The molecule has 0 radical (unpaired) electrons. The first-order chi connectivity index (χ1) is 7.47. The Kier molecular flexibility index (Phi) is 2.75. The van der Waals surface area contributed by atoms with Gasteiger partial charge in [0.25, 0.3) is 0 Å². The molecule has 1 heterocycles. The van der Waals surface area contributed by atoms with Crippen LogP contribution in [0.25, 0.3) is 0 Å². The fourth-order valence-electron chi connectivity index (χ4n) is 2.00. The molecular formula is C14H20N2. The topological polar surface area (TPSA) is 15.6 Å². The number of nitrogens with zero attached hydrogens (tertiary/aromatic N) is 2. The maximum Gasteiger partial charge on any atom is 0.0903 e. The Morgan fingerprint density at radius 2 is 2.00 bits per heavy atom. The highest BCUT2D eigenvalue weighted by Crippen LogP contribution is 2.30. The second-order valence-electron chi connectivity index (χ2n) is 5.50. The average molecular weight is 216 g/mol. The van der Waals surface area contributed by atoms with E-state index in [9.17, 15) is 0 Å². The van der Waals surface area contributed by atoms with Crippen LogP contribution in [0.3, 0.4) is 0 Å². The molecule has 1 unspecified atom stereocenters. The lowest BCUT2D eigenvalue weighted by molar-refractivity contribution is 0.583. The van der Waals surface area contributed by atoms with Gasteiger partial charge in [-0.15, -0.1) is 0 Å². The van der Waals surface area contributed by atoms with Gasteiger partial charge in [0.1, 0.15) is 0 Å². The number of anilines is 1. The maximum absolute atomic E-state index is 4.59. The van der Waals surface area contributed by atoms with E-state index in [0.29, 0.717) is 6.04 Å². The standard InChI is InChI=1S/C14H20N2/c1-11-9-12-7-5-6-8-13(12)16(11)10-15-14(2,3)4/h5-8,10-11H,9H2,1-4H3. The lowest BCUT2D eigenvalue weighted by atomic mass is 10.1. The van der Waals surface area contributed by atoms with Gasteiger partial charge < -0.3 is 4.90 Å². The first-order valence-corrected chi connectivity index (χ1v) is 5.89. The minimum Gasteiger partial charge on any atom is -0.329 e. The molecule has 0 amide bonds. The zero-order valence-electron chi connectivity index (χ0n) is 10.6. The fourth-order valence-corrected chi connectivity index (χ4v) is 2.00. The molecule has 1 aliphatic rings. The zero-order valence-corrected chi connectivity index (χ0v) is 10.6. The van der Waals surface area contributed by atoms with Gasteiger partial charge in [0.05, 0.1) is 11.9 Å². The molecule has 0 N–H and O–H groups in total. The second-order valence-corrected chi connectivity index (χ2v) is 5.50. The second kappa shape index (κ2) is 3.93. The minimum atomic E-state index is -0.00272. The van der Waals surface area contributed by atoms with Crippen LogP contribution in [0.15, 0.2) is 29.3 Å². The van der Waals surface area contributed by atoms with Gasteiger partial charge in [0.15, 0.2) is 0 Å². The molecule has 86 valence electrons. The highest BCUT2D eigenvalue weighted by Gasteiger charge is 2.24. The van der Waals surface area contributed by atoms with Gasteiger partial charge >= 0.3 is 0 Å². The predicted octanol–water partition coefficient (Wildman–Crippen LogP) is 3.26. The third kappa shape index (κ3) is 2.26. The molecule has 16 heavy (non-hydrogen) atoms. The monoisotopic (exact) mass is 216 g/mol. The van der Waals surface area contributed by atoms with Gasteiger partial charge in [-0.3, -0.25) is 4.99 Å². The van der Waals surface area contributed by atoms with Gasteiger partial charge in [0.2, 0.25) is 0 Å². The third-order valence-corrected chi connectivity index (χ3v) is 2.83. The molecule has 1 atom stereocenters. The van der Waals surface area contributed by atoms with Crippen LogP contribution < -0.4 is 4.90 Å². The van der Waals surface area contributed by atoms with Gasteiger partial charge in [-0.05, 0) is 45.7 Å². The van der Waals surface area contributed by atoms with Crippen molar-refractivity contribution in [2.45, 2.75) is 45.7 Å². The number of para-hydroxylation sites is 1. The summed E-state index contributed by atoms with van der Waals surface area (Å²) in [5, 5.41) is 0. The van der Waals surface area contributed by atoms with E-state index in [1.165, 1.54) is 11.3 Å². The van der Waals surface area contributed by atoms with E-state index in [0.717, 1.165) is 6.42 Å². The van der Waals surface area contributed by atoms with Crippen molar-refractivity contribution in [3.63, 3.8) is 0 Å². The minimum absolute atomic E-state index is 0.00272. The van der Waals surface area contributed by atoms with E-state index >= 15 is 0 Å². The molecule has 0 aliphatic carbocycles. The van der Waals surface area contributed by atoms with Crippen molar-refractivity contribution in [3.05, 3.63) is 29.8 Å². The lowest BCUT2D eigenvalue weighted by Gasteiger charge is -2.21. The highest BCUT2D eigenvalue weighted by atomic mass is 15.2. The predicted molar refractivity (Wildman–Crippen MR) is 70.3 cm³/mol. The van der Waals surface area contributed by atoms with Crippen LogP contribution in [0, 0.1) is 0 Å². The molecule has 0 saturated carbocycles. The largest absolute Gasteiger partial charge is 0.329 e. The lowest BCUT2D eigenvalue weighted by Crippen LogP contribution is -2.29. The Balaban J connectivity index is 2.26. The van der Waals surface area contributed by atoms with Crippen LogP contribution in [-0.4, -0.2) is 17.9 Å². The van der Waals surface area contributed by atoms with Gasteiger partial charge in [-0.2, -0.15) is 0 Å². The zero-order chi connectivity index (χ0) is 11.8. The molecule has 0 saturated heterocycles. The Morgan fingerprint density at radius 1 is 1.31 bits per heavy atom. The fraction of sp³-hybridized carbons (Fsp3) is 0.500. The van der Waals surface area contributed by atoms with Crippen molar-refractivity contribution in [1.82, 2.24) is 0 Å². The van der Waals surface area contributed by atoms with Crippen molar-refractivity contribution in [1.29, 1.82) is 0 Å². The smallest absolute Gasteiger partial charge is 0.0903 e. The molecule has 0 fully saturated rings. The SMILES string of the molecule is CC1Cc2ccccc2N1C=NC(C)(C)C. The normalized spacial score (nSPS) is 20.5. The number of fused-ring (bicyclic) bond motifs is 1. The molecule has 0 spiro atoms. The molecule has 2 nitrogen and oxygen atoms in total. The van der Waals surface area contributed by atoms with E-state index in [4.69, 9.17) is 0 Å². The van der Waals surface area contributed by atoms with Crippen molar-refractivity contribution >= 4 is 12.0 Å². The van der Waals surface area contributed by atoms with Gasteiger partial charge in [0, 0.05) is 11.7 Å². The summed E-state index contributed by atoms with van der Waals surface area (Å²) in [7, 11) is 0. The van der Waals surface area contributed by atoms with Crippen molar-refractivity contribution in [3.8, 4) is 0 Å². The Bertz CT molecular complexity index is 401. The number of aliphatic imine (C=N–C) groups is 1. The van der Waals surface area contributed by atoms with Gasteiger partial charge in [-0.25, -0.2) is 0 Å². The summed E-state index contributed by atoms with van der Waals surface area (Å²) in [4.78, 5) is 6.87. The average Bonchev–Trinajstić information content (AvgIpc) is 2.49. The molecule has 0 aromatic heterocycles. The molecular weight excluding hydrogens is 196 g/mol.